The Bertz CT molecular complexity index is 213. The van der Waals surface area contributed by atoms with Gasteiger partial charge in [0, 0.05) is 19.2 Å². The summed E-state index contributed by atoms with van der Waals surface area (Å²) in [6.45, 7) is 6.17. The van der Waals surface area contributed by atoms with Gasteiger partial charge in [0.1, 0.15) is 0 Å². The van der Waals surface area contributed by atoms with Gasteiger partial charge in [-0.1, -0.05) is 33.1 Å². The molecule has 0 heterocycles. The molecule has 0 aromatic rings. The predicted molar refractivity (Wildman–Crippen MR) is 69.1 cm³/mol. The van der Waals surface area contributed by atoms with E-state index in [1.54, 1.807) is 0 Å². The lowest BCUT2D eigenvalue weighted by Crippen LogP contribution is -2.43. The summed E-state index contributed by atoms with van der Waals surface area (Å²) in [5.41, 5.74) is 0. The largest absolute Gasteiger partial charge is 0.379 e. The number of hydrogen-bond acceptors (Lipinski definition) is 2. The first-order valence-corrected chi connectivity index (χ1v) is 6.80. The lowest BCUT2D eigenvalue weighted by molar-refractivity contribution is 0.112. The van der Waals surface area contributed by atoms with Crippen molar-refractivity contribution < 1.29 is 9.53 Å². The molecule has 2 amide bonds. The summed E-state index contributed by atoms with van der Waals surface area (Å²) in [6, 6.07) is 0.324. The van der Waals surface area contributed by atoms with Crippen LogP contribution >= 0.6 is 0 Å². The highest BCUT2D eigenvalue weighted by Crippen LogP contribution is 2.16. The van der Waals surface area contributed by atoms with Gasteiger partial charge in [0.2, 0.25) is 0 Å². The van der Waals surface area contributed by atoms with Crippen LogP contribution in [0.2, 0.25) is 0 Å². The first-order chi connectivity index (χ1) is 8.18. The van der Waals surface area contributed by atoms with Gasteiger partial charge in [0.05, 0.1) is 6.61 Å². The number of amides is 2. The number of nitrogens with one attached hydrogen (secondary N) is 2. The Morgan fingerprint density at radius 2 is 2.00 bits per heavy atom. The first-order valence-electron chi connectivity index (χ1n) is 6.80. The van der Waals surface area contributed by atoms with Crippen molar-refractivity contribution >= 4 is 6.03 Å². The molecule has 1 aliphatic carbocycles. The number of carbonyl (C=O) groups is 1. The Kier molecular flexibility index (Phi) is 7.01. The molecule has 1 rings (SSSR count). The van der Waals surface area contributed by atoms with E-state index in [0.717, 1.165) is 19.4 Å². The standard InChI is InChI=1S/C13H26N2O2/c1-11(2)10-17-9-8-14-13(16)15-12-6-4-3-5-7-12/h11-12H,3-10H2,1-2H3,(H2,14,15,16). The number of carbonyl (C=O) groups excluding carboxylic acids is 1. The molecule has 1 saturated carbocycles. The number of ether oxygens (including phenoxy) is 1. The van der Waals surface area contributed by atoms with Crippen LogP contribution in [-0.2, 0) is 4.74 Å². The van der Waals surface area contributed by atoms with Gasteiger partial charge in [-0.3, -0.25) is 0 Å². The molecule has 0 aromatic heterocycles. The highest BCUT2D eigenvalue weighted by molar-refractivity contribution is 5.74. The zero-order valence-corrected chi connectivity index (χ0v) is 11.1. The van der Waals surface area contributed by atoms with Gasteiger partial charge in [0.25, 0.3) is 0 Å². The van der Waals surface area contributed by atoms with E-state index < -0.39 is 0 Å². The normalized spacial score (nSPS) is 17.1. The molecule has 0 unspecified atom stereocenters. The second-order valence-electron chi connectivity index (χ2n) is 5.20. The van der Waals surface area contributed by atoms with E-state index in [0.29, 0.717) is 25.1 Å². The molecule has 1 aliphatic rings. The third kappa shape index (κ3) is 7.21. The van der Waals surface area contributed by atoms with Crippen molar-refractivity contribution in [2.24, 2.45) is 5.92 Å². The van der Waals surface area contributed by atoms with E-state index in [-0.39, 0.29) is 6.03 Å². The highest BCUT2D eigenvalue weighted by Gasteiger charge is 2.14. The quantitative estimate of drug-likeness (QED) is 0.702. The Hall–Kier alpha value is -0.770. The van der Waals surface area contributed by atoms with Gasteiger partial charge in [0.15, 0.2) is 0 Å². The minimum absolute atomic E-state index is 0.0509. The fourth-order valence-corrected chi connectivity index (χ4v) is 2.04. The van der Waals surface area contributed by atoms with Gasteiger partial charge >= 0.3 is 6.03 Å². The average molecular weight is 242 g/mol. The third-order valence-corrected chi connectivity index (χ3v) is 2.92. The van der Waals surface area contributed by atoms with E-state index in [9.17, 15) is 4.79 Å². The van der Waals surface area contributed by atoms with Crippen LogP contribution < -0.4 is 10.6 Å². The van der Waals surface area contributed by atoms with Gasteiger partial charge in [-0.15, -0.1) is 0 Å². The Balaban J connectivity index is 1.97. The Labute approximate surface area is 104 Å². The predicted octanol–water partition coefficient (Wildman–Crippen LogP) is 2.29. The third-order valence-electron chi connectivity index (χ3n) is 2.92. The van der Waals surface area contributed by atoms with Gasteiger partial charge in [-0.25, -0.2) is 4.79 Å². The van der Waals surface area contributed by atoms with Crippen molar-refractivity contribution in [3.05, 3.63) is 0 Å². The smallest absolute Gasteiger partial charge is 0.315 e. The van der Waals surface area contributed by atoms with Gasteiger partial charge < -0.3 is 15.4 Å². The van der Waals surface area contributed by atoms with Crippen molar-refractivity contribution in [3.8, 4) is 0 Å². The van der Waals surface area contributed by atoms with Gasteiger partial charge in [-0.2, -0.15) is 0 Å². The number of rotatable bonds is 6. The summed E-state index contributed by atoms with van der Waals surface area (Å²) in [6.07, 6.45) is 6.03. The molecular weight excluding hydrogens is 216 g/mol. The zero-order chi connectivity index (χ0) is 12.5. The van der Waals surface area contributed by atoms with Crippen molar-refractivity contribution in [2.45, 2.75) is 52.0 Å². The molecule has 0 radical (unpaired) electrons. The zero-order valence-electron chi connectivity index (χ0n) is 11.1. The summed E-state index contributed by atoms with van der Waals surface area (Å²) < 4.78 is 5.39. The van der Waals surface area contributed by atoms with E-state index in [1.165, 1.54) is 19.3 Å². The Morgan fingerprint density at radius 3 is 2.65 bits per heavy atom. The molecule has 0 spiro atoms. The molecule has 0 atom stereocenters. The monoisotopic (exact) mass is 242 g/mol. The molecule has 0 aromatic carbocycles. The summed E-state index contributed by atoms with van der Waals surface area (Å²) in [7, 11) is 0. The van der Waals surface area contributed by atoms with Crippen molar-refractivity contribution in [1.82, 2.24) is 10.6 Å². The van der Waals surface area contributed by atoms with E-state index >= 15 is 0 Å². The molecule has 2 N–H and O–H groups in total. The van der Waals surface area contributed by atoms with Crippen LogP contribution in [-0.4, -0.2) is 31.8 Å². The fourth-order valence-electron chi connectivity index (χ4n) is 2.04. The van der Waals surface area contributed by atoms with Crippen LogP contribution in [0.3, 0.4) is 0 Å². The van der Waals surface area contributed by atoms with Crippen molar-refractivity contribution in [1.29, 1.82) is 0 Å². The molecule has 0 bridgehead atoms. The molecule has 100 valence electrons. The molecule has 4 heteroatoms. The lowest BCUT2D eigenvalue weighted by Gasteiger charge is -2.22. The van der Waals surface area contributed by atoms with E-state index in [4.69, 9.17) is 4.74 Å². The maximum absolute atomic E-state index is 11.5. The molecule has 0 aliphatic heterocycles. The summed E-state index contributed by atoms with van der Waals surface area (Å²) in [5.74, 6) is 0.547. The SMILES string of the molecule is CC(C)COCCNC(=O)NC1CCCCC1. The van der Waals surface area contributed by atoms with Crippen LogP contribution in [0.15, 0.2) is 0 Å². The lowest BCUT2D eigenvalue weighted by atomic mass is 9.96. The Morgan fingerprint density at radius 1 is 1.29 bits per heavy atom. The van der Waals surface area contributed by atoms with E-state index in [2.05, 4.69) is 24.5 Å². The van der Waals surface area contributed by atoms with Gasteiger partial charge in [-0.05, 0) is 18.8 Å². The topological polar surface area (TPSA) is 50.4 Å². The highest BCUT2D eigenvalue weighted by atomic mass is 16.5. The fraction of sp³-hybridized carbons (Fsp3) is 0.923. The first kappa shape index (κ1) is 14.3. The van der Waals surface area contributed by atoms with Crippen molar-refractivity contribution in [3.63, 3.8) is 0 Å². The number of hydrogen-bond donors (Lipinski definition) is 2. The molecular formula is C13H26N2O2. The van der Waals surface area contributed by atoms with Crippen LogP contribution in [0.4, 0.5) is 4.79 Å². The molecule has 17 heavy (non-hydrogen) atoms. The van der Waals surface area contributed by atoms with E-state index in [1.807, 2.05) is 0 Å². The van der Waals surface area contributed by atoms with Crippen LogP contribution in [0.25, 0.3) is 0 Å². The second-order valence-corrected chi connectivity index (χ2v) is 5.20. The van der Waals surface area contributed by atoms with Crippen LogP contribution in [0.5, 0.6) is 0 Å². The summed E-state index contributed by atoms with van der Waals surface area (Å²) in [4.78, 5) is 11.5. The molecule has 0 saturated heterocycles. The van der Waals surface area contributed by atoms with Crippen LogP contribution in [0, 0.1) is 5.92 Å². The number of urea groups is 1. The summed E-state index contributed by atoms with van der Waals surface area (Å²) in [5, 5.41) is 5.84. The molecule has 1 fully saturated rings. The van der Waals surface area contributed by atoms with Crippen molar-refractivity contribution in [2.75, 3.05) is 19.8 Å². The van der Waals surface area contributed by atoms with Crippen LogP contribution in [0.1, 0.15) is 46.0 Å². The molecule has 4 nitrogen and oxygen atoms in total. The second kappa shape index (κ2) is 8.34. The maximum atomic E-state index is 11.5. The average Bonchev–Trinajstić information content (AvgIpc) is 2.29. The minimum Gasteiger partial charge on any atom is -0.379 e. The summed E-state index contributed by atoms with van der Waals surface area (Å²) >= 11 is 0. The maximum Gasteiger partial charge on any atom is 0.315 e. The minimum atomic E-state index is -0.0509.